The SMILES string of the molecule is COCCNCC(C)NCc1ccc2cc(Br)ccc2c1. The third-order valence-corrected chi connectivity index (χ3v) is 3.95. The highest BCUT2D eigenvalue weighted by Gasteiger charge is 2.02. The molecule has 21 heavy (non-hydrogen) atoms. The van der Waals surface area contributed by atoms with Crippen LogP contribution in [0, 0.1) is 0 Å². The lowest BCUT2D eigenvalue weighted by Gasteiger charge is -2.15. The Morgan fingerprint density at radius 3 is 2.71 bits per heavy atom. The molecule has 0 aliphatic heterocycles. The average molecular weight is 351 g/mol. The Hall–Kier alpha value is -0.940. The van der Waals surface area contributed by atoms with Crippen molar-refractivity contribution in [1.82, 2.24) is 10.6 Å². The van der Waals surface area contributed by atoms with E-state index in [9.17, 15) is 0 Å². The molecule has 0 spiro atoms. The van der Waals surface area contributed by atoms with Gasteiger partial charge < -0.3 is 15.4 Å². The number of fused-ring (bicyclic) bond motifs is 1. The average Bonchev–Trinajstić information content (AvgIpc) is 2.49. The van der Waals surface area contributed by atoms with Crippen molar-refractivity contribution in [1.29, 1.82) is 0 Å². The van der Waals surface area contributed by atoms with Crippen molar-refractivity contribution in [2.45, 2.75) is 19.5 Å². The summed E-state index contributed by atoms with van der Waals surface area (Å²) in [4.78, 5) is 0. The molecular weight excluding hydrogens is 328 g/mol. The number of hydrogen-bond acceptors (Lipinski definition) is 3. The molecular formula is C17H23BrN2O. The van der Waals surface area contributed by atoms with Crippen molar-refractivity contribution in [2.75, 3.05) is 26.8 Å². The maximum atomic E-state index is 5.02. The van der Waals surface area contributed by atoms with Crippen LogP contribution < -0.4 is 10.6 Å². The van der Waals surface area contributed by atoms with Crippen LogP contribution in [0.3, 0.4) is 0 Å². The number of halogens is 1. The fourth-order valence-electron chi connectivity index (χ4n) is 2.23. The van der Waals surface area contributed by atoms with Crippen LogP contribution >= 0.6 is 15.9 Å². The molecule has 0 saturated carbocycles. The lowest BCUT2D eigenvalue weighted by atomic mass is 10.1. The van der Waals surface area contributed by atoms with Gasteiger partial charge in [0, 0.05) is 37.3 Å². The smallest absolute Gasteiger partial charge is 0.0587 e. The summed E-state index contributed by atoms with van der Waals surface area (Å²) in [5, 5.41) is 9.45. The van der Waals surface area contributed by atoms with Gasteiger partial charge in [0.25, 0.3) is 0 Å². The third kappa shape index (κ3) is 5.40. The van der Waals surface area contributed by atoms with Crippen LogP contribution in [0.25, 0.3) is 10.8 Å². The lowest BCUT2D eigenvalue weighted by Crippen LogP contribution is -2.37. The molecule has 0 aliphatic rings. The minimum absolute atomic E-state index is 0.433. The molecule has 2 rings (SSSR count). The first-order valence-electron chi connectivity index (χ1n) is 7.30. The molecule has 3 nitrogen and oxygen atoms in total. The van der Waals surface area contributed by atoms with E-state index in [0.717, 1.165) is 30.7 Å². The van der Waals surface area contributed by atoms with Crippen molar-refractivity contribution >= 4 is 26.7 Å². The minimum atomic E-state index is 0.433. The topological polar surface area (TPSA) is 33.3 Å². The summed E-state index contributed by atoms with van der Waals surface area (Å²) in [5.74, 6) is 0. The second-order valence-corrected chi connectivity index (χ2v) is 6.22. The summed E-state index contributed by atoms with van der Waals surface area (Å²) in [7, 11) is 1.72. The summed E-state index contributed by atoms with van der Waals surface area (Å²) in [6.07, 6.45) is 0. The van der Waals surface area contributed by atoms with Gasteiger partial charge in [-0.05, 0) is 41.5 Å². The normalized spacial score (nSPS) is 12.7. The van der Waals surface area contributed by atoms with Crippen LogP contribution in [0.2, 0.25) is 0 Å². The predicted molar refractivity (Wildman–Crippen MR) is 92.7 cm³/mol. The summed E-state index contributed by atoms with van der Waals surface area (Å²) >= 11 is 3.51. The van der Waals surface area contributed by atoms with Crippen molar-refractivity contribution < 1.29 is 4.74 Å². The molecule has 114 valence electrons. The zero-order chi connectivity index (χ0) is 15.1. The Bertz CT molecular complexity index is 574. The van der Waals surface area contributed by atoms with Gasteiger partial charge in [-0.15, -0.1) is 0 Å². The Balaban J connectivity index is 1.84. The van der Waals surface area contributed by atoms with E-state index < -0.39 is 0 Å². The second-order valence-electron chi connectivity index (χ2n) is 5.30. The van der Waals surface area contributed by atoms with E-state index in [1.807, 2.05) is 0 Å². The van der Waals surface area contributed by atoms with Gasteiger partial charge in [-0.1, -0.05) is 34.1 Å². The van der Waals surface area contributed by atoms with Gasteiger partial charge in [-0.2, -0.15) is 0 Å². The van der Waals surface area contributed by atoms with E-state index in [1.165, 1.54) is 16.3 Å². The molecule has 0 aromatic heterocycles. The molecule has 0 heterocycles. The number of hydrogen-bond donors (Lipinski definition) is 2. The van der Waals surface area contributed by atoms with E-state index in [2.05, 4.69) is 69.9 Å². The first-order chi connectivity index (χ1) is 10.2. The maximum absolute atomic E-state index is 5.02. The summed E-state index contributed by atoms with van der Waals surface area (Å²) in [6.45, 7) is 5.68. The highest BCUT2D eigenvalue weighted by atomic mass is 79.9. The predicted octanol–water partition coefficient (Wildman–Crippen LogP) is 3.32. The molecule has 1 unspecified atom stereocenters. The largest absolute Gasteiger partial charge is 0.383 e. The molecule has 4 heteroatoms. The van der Waals surface area contributed by atoms with Crippen molar-refractivity contribution in [2.24, 2.45) is 0 Å². The fraction of sp³-hybridized carbons (Fsp3) is 0.412. The summed E-state index contributed by atoms with van der Waals surface area (Å²) in [5.41, 5.74) is 1.31. The second kappa shape index (κ2) is 8.49. The van der Waals surface area contributed by atoms with Crippen molar-refractivity contribution in [3.05, 3.63) is 46.4 Å². The highest BCUT2D eigenvalue weighted by Crippen LogP contribution is 2.20. The van der Waals surface area contributed by atoms with Crippen LogP contribution in [0.15, 0.2) is 40.9 Å². The first kappa shape index (κ1) is 16.4. The van der Waals surface area contributed by atoms with Gasteiger partial charge in [0.05, 0.1) is 6.61 Å². The highest BCUT2D eigenvalue weighted by molar-refractivity contribution is 9.10. The molecule has 0 bridgehead atoms. The van der Waals surface area contributed by atoms with Gasteiger partial charge in [-0.3, -0.25) is 0 Å². The van der Waals surface area contributed by atoms with Crippen LogP contribution in [0.1, 0.15) is 12.5 Å². The standard InChI is InChI=1S/C17H23BrN2O/c1-13(11-19-7-8-21-2)20-12-14-3-4-16-10-17(18)6-5-15(16)9-14/h3-6,9-10,13,19-20H,7-8,11-12H2,1-2H3. The Morgan fingerprint density at radius 2 is 1.90 bits per heavy atom. The van der Waals surface area contributed by atoms with E-state index in [4.69, 9.17) is 4.74 Å². The fourth-order valence-corrected chi connectivity index (χ4v) is 2.61. The van der Waals surface area contributed by atoms with Gasteiger partial charge in [0.15, 0.2) is 0 Å². The lowest BCUT2D eigenvalue weighted by molar-refractivity contribution is 0.198. The zero-order valence-electron chi connectivity index (χ0n) is 12.7. The molecule has 2 aromatic carbocycles. The van der Waals surface area contributed by atoms with E-state index in [1.54, 1.807) is 7.11 Å². The molecule has 0 amide bonds. The Labute approximate surface area is 135 Å². The van der Waals surface area contributed by atoms with Crippen LogP contribution in [0.5, 0.6) is 0 Å². The summed E-state index contributed by atoms with van der Waals surface area (Å²) < 4.78 is 6.14. The quantitative estimate of drug-likeness (QED) is 0.716. The number of methoxy groups -OCH3 is 1. The number of benzene rings is 2. The first-order valence-corrected chi connectivity index (χ1v) is 8.09. The number of nitrogens with one attached hydrogen (secondary N) is 2. The van der Waals surface area contributed by atoms with E-state index >= 15 is 0 Å². The zero-order valence-corrected chi connectivity index (χ0v) is 14.2. The monoisotopic (exact) mass is 350 g/mol. The van der Waals surface area contributed by atoms with Gasteiger partial charge >= 0.3 is 0 Å². The molecule has 2 aromatic rings. The molecule has 0 aliphatic carbocycles. The molecule has 2 N–H and O–H groups in total. The number of rotatable bonds is 8. The van der Waals surface area contributed by atoms with Crippen LogP contribution in [-0.2, 0) is 11.3 Å². The van der Waals surface area contributed by atoms with Crippen LogP contribution in [-0.4, -0.2) is 32.8 Å². The van der Waals surface area contributed by atoms with Crippen molar-refractivity contribution in [3.63, 3.8) is 0 Å². The molecule has 0 radical (unpaired) electrons. The van der Waals surface area contributed by atoms with Crippen molar-refractivity contribution in [3.8, 4) is 0 Å². The molecule has 1 atom stereocenters. The Kier molecular flexibility index (Phi) is 6.64. The van der Waals surface area contributed by atoms with E-state index in [0.29, 0.717) is 6.04 Å². The van der Waals surface area contributed by atoms with Gasteiger partial charge in [0.2, 0.25) is 0 Å². The number of ether oxygens (including phenoxy) is 1. The van der Waals surface area contributed by atoms with E-state index in [-0.39, 0.29) is 0 Å². The third-order valence-electron chi connectivity index (χ3n) is 3.45. The molecule has 0 saturated heterocycles. The maximum Gasteiger partial charge on any atom is 0.0587 e. The molecule has 0 fully saturated rings. The summed E-state index contributed by atoms with van der Waals surface area (Å²) in [6, 6.07) is 13.4. The van der Waals surface area contributed by atoms with Crippen LogP contribution in [0.4, 0.5) is 0 Å². The van der Waals surface area contributed by atoms with Gasteiger partial charge in [-0.25, -0.2) is 0 Å². The van der Waals surface area contributed by atoms with Gasteiger partial charge in [0.1, 0.15) is 0 Å². The minimum Gasteiger partial charge on any atom is -0.383 e. The Morgan fingerprint density at radius 1 is 1.14 bits per heavy atom.